The molecular weight excluding hydrogens is 880 g/mol. The Morgan fingerprint density at radius 3 is 1.70 bits per heavy atom. The highest BCUT2D eigenvalue weighted by atomic mass is 79.9. The number of anilines is 1. The van der Waals surface area contributed by atoms with Gasteiger partial charge in [-0.3, -0.25) is 14.5 Å². The number of hydrogen-bond donors (Lipinski definition) is 3. The van der Waals surface area contributed by atoms with Crippen LogP contribution in [0.15, 0.2) is 28.9 Å². The van der Waals surface area contributed by atoms with Crippen molar-refractivity contribution in [3.8, 4) is 11.5 Å². The highest BCUT2D eigenvalue weighted by Crippen LogP contribution is 2.30. The maximum Gasteiger partial charge on any atom is 0.408 e. The van der Waals surface area contributed by atoms with Gasteiger partial charge in [0.1, 0.15) is 11.2 Å². The number of alkyl carbamates (subject to hydrolysis) is 2. The first-order valence-electron chi connectivity index (χ1n) is 18.5. The molecule has 3 N–H and O–H groups in total. The summed E-state index contributed by atoms with van der Waals surface area (Å²) in [5.74, 6) is -3.05. The number of halogens is 1. The second-order valence-corrected chi connectivity index (χ2v) is 15.4. The van der Waals surface area contributed by atoms with Crippen LogP contribution in [0.25, 0.3) is 0 Å². The molecule has 2 saturated heterocycles. The monoisotopic (exact) mass is 928 g/mol. The summed E-state index contributed by atoms with van der Waals surface area (Å²) in [6.45, 7) is 13.8. The lowest BCUT2D eigenvalue weighted by molar-refractivity contribution is -0.390. The van der Waals surface area contributed by atoms with Crippen molar-refractivity contribution in [3.05, 3.63) is 49.1 Å². The number of amides is 4. The molecule has 336 valence electrons. The Bertz CT molecular complexity index is 1920. The average Bonchev–Trinajstić information content (AvgIpc) is 3.72. The maximum absolute atomic E-state index is 12.3. The van der Waals surface area contributed by atoms with E-state index < -0.39 is 76.1 Å². The summed E-state index contributed by atoms with van der Waals surface area (Å²) in [4.78, 5) is 98.0. The number of esters is 2. The van der Waals surface area contributed by atoms with E-state index in [-0.39, 0.29) is 61.4 Å². The molecule has 61 heavy (non-hydrogen) atoms. The fraction of sp³-hybridized carbons (Fsp3) is 0.556. The summed E-state index contributed by atoms with van der Waals surface area (Å²) in [5.41, 5.74) is -1.19. The number of carbonyl (C=O) groups is 6. The van der Waals surface area contributed by atoms with E-state index in [0.29, 0.717) is 17.6 Å². The molecule has 24 nitrogen and oxygen atoms in total. The molecule has 2 fully saturated rings. The molecule has 0 aromatic carbocycles. The van der Waals surface area contributed by atoms with E-state index in [2.05, 4.69) is 46.6 Å². The molecule has 2 aromatic rings. The van der Waals surface area contributed by atoms with Crippen molar-refractivity contribution in [2.45, 2.75) is 91.5 Å². The van der Waals surface area contributed by atoms with E-state index in [0.717, 1.165) is 0 Å². The van der Waals surface area contributed by atoms with Crippen LogP contribution in [-0.4, -0.2) is 119 Å². The highest BCUT2D eigenvalue weighted by Gasteiger charge is 2.36. The van der Waals surface area contributed by atoms with Gasteiger partial charge in [-0.05, 0) is 87.3 Å². The molecule has 25 heteroatoms. The van der Waals surface area contributed by atoms with E-state index in [9.17, 15) is 49.0 Å². The van der Waals surface area contributed by atoms with Crippen LogP contribution in [0.1, 0.15) is 68.2 Å². The lowest BCUT2D eigenvalue weighted by Crippen LogP contribution is -2.40. The van der Waals surface area contributed by atoms with Gasteiger partial charge in [-0.2, -0.15) is 0 Å². The van der Waals surface area contributed by atoms with Gasteiger partial charge in [0.05, 0.1) is 31.8 Å². The fourth-order valence-corrected chi connectivity index (χ4v) is 5.14. The van der Waals surface area contributed by atoms with Gasteiger partial charge in [0.15, 0.2) is 13.2 Å². The fourth-order valence-electron chi connectivity index (χ4n) is 4.84. The molecule has 0 unspecified atom stereocenters. The largest absolute Gasteiger partial charge is 0.474 e. The minimum absolute atomic E-state index is 0.00414. The van der Waals surface area contributed by atoms with E-state index >= 15 is 0 Å². The summed E-state index contributed by atoms with van der Waals surface area (Å²) < 4.78 is 29.9. The lowest BCUT2D eigenvalue weighted by Gasteiger charge is -2.21. The van der Waals surface area contributed by atoms with E-state index in [1.807, 2.05) is 0 Å². The second kappa shape index (κ2) is 23.4. The van der Waals surface area contributed by atoms with Crippen LogP contribution in [-0.2, 0) is 38.1 Å². The van der Waals surface area contributed by atoms with Gasteiger partial charge in [-0.1, -0.05) is 0 Å². The quantitative estimate of drug-likeness (QED) is 0.0848. The van der Waals surface area contributed by atoms with Gasteiger partial charge in [0.25, 0.3) is 5.82 Å². The van der Waals surface area contributed by atoms with Crippen molar-refractivity contribution in [1.29, 1.82) is 0 Å². The molecule has 0 aliphatic carbocycles. The predicted molar refractivity (Wildman–Crippen MR) is 215 cm³/mol. The SMILES string of the molecule is CC(C)(C)OC(=O)N[C@@H]1CNC(=O)C1.CCOC(=O)COc1ccc(Br)nc1[N+](=O)[O-].CCOC(=O)COc1ccc(N2C[C@@H](NC(=O)OC(C)(C)C)CC2=O)nc1[N+](=O)[O-]. The summed E-state index contributed by atoms with van der Waals surface area (Å²) in [7, 11) is 0. The molecule has 2 aromatic heterocycles. The van der Waals surface area contributed by atoms with Gasteiger partial charge in [-0.25, -0.2) is 19.2 Å². The third-order valence-electron chi connectivity index (χ3n) is 7.10. The Morgan fingerprint density at radius 1 is 0.787 bits per heavy atom. The third-order valence-corrected chi connectivity index (χ3v) is 7.54. The first-order valence-corrected chi connectivity index (χ1v) is 19.3. The molecule has 0 radical (unpaired) electrons. The zero-order chi connectivity index (χ0) is 46.1. The van der Waals surface area contributed by atoms with Gasteiger partial charge < -0.3 is 64.6 Å². The summed E-state index contributed by atoms with van der Waals surface area (Å²) in [6, 6.07) is 4.77. The van der Waals surface area contributed by atoms with Crippen molar-refractivity contribution in [3.63, 3.8) is 0 Å². The van der Waals surface area contributed by atoms with Crippen LogP contribution < -0.4 is 30.3 Å². The summed E-state index contributed by atoms with van der Waals surface area (Å²) >= 11 is 3.01. The number of pyridine rings is 2. The Kier molecular flexibility index (Phi) is 19.5. The van der Waals surface area contributed by atoms with Crippen LogP contribution in [0.2, 0.25) is 0 Å². The van der Waals surface area contributed by atoms with Crippen molar-refractivity contribution < 1.29 is 67.0 Å². The van der Waals surface area contributed by atoms with Crippen molar-refractivity contribution >= 4 is 69.3 Å². The second-order valence-electron chi connectivity index (χ2n) is 14.6. The molecule has 4 heterocycles. The highest BCUT2D eigenvalue weighted by molar-refractivity contribution is 9.10. The van der Waals surface area contributed by atoms with Crippen LogP contribution in [0.5, 0.6) is 11.5 Å². The van der Waals surface area contributed by atoms with E-state index in [1.165, 1.54) is 29.2 Å². The van der Waals surface area contributed by atoms with E-state index in [4.69, 9.17) is 23.7 Å². The molecule has 2 aliphatic rings. The van der Waals surface area contributed by atoms with Crippen LogP contribution in [0.3, 0.4) is 0 Å². The Hall–Kier alpha value is -6.40. The van der Waals surface area contributed by atoms with Crippen LogP contribution >= 0.6 is 15.9 Å². The standard InChI is InChI=1S/C18H24N4O8.C9H9BrN2O5.C9H16N2O3/c1-5-28-15(24)10-29-12-6-7-13(20-16(12)22(26)27)21-9-11(8-14(21)23)19-17(25)30-18(2,3)4;1-2-16-8(13)5-17-6-3-4-7(10)11-9(6)12(14)15;1-9(2,3)14-8(13)11-6-4-7(12)10-5-6/h6-7,11H,5,8-10H2,1-4H3,(H,19,25);3-4H,2,5H2,1H3;6H,4-5H2,1-3H3,(H,10,12)(H,11,13)/t11-;;6-/m0.0/s1. The molecule has 0 bridgehead atoms. The van der Waals surface area contributed by atoms with Crippen molar-refractivity contribution in [2.75, 3.05) is 44.4 Å². The number of aromatic nitrogens is 2. The zero-order valence-corrected chi connectivity index (χ0v) is 36.4. The lowest BCUT2D eigenvalue weighted by atomic mass is 10.2. The van der Waals surface area contributed by atoms with Gasteiger partial charge in [0.2, 0.25) is 27.9 Å². The maximum atomic E-state index is 12.3. The molecular formula is C36H49BrN8O16. The number of ether oxygens (including phenoxy) is 6. The average molecular weight is 930 g/mol. The van der Waals surface area contributed by atoms with Crippen LogP contribution in [0.4, 0.5) is 27.0 Å². The number of rotatable bonds is 13. The van der Waals surface area contributed by atoms with Crippen molar-refractivity contribution in [1.82, 2.24) is 25.9 Å². The molecule has 0 saturated carbocycles. The number of nitrogens with zero attached hydrogens (tertiary/aromatic N) is 5. The third kappa shape index (κ3) is 19.0. The van der Waals surface area contributed by atoms with Gasteiger partial charge in [-0.15, -0.1) is 0 Å². The molecule has 4 amide bonds. The first kappa shape index (κ1) is 50.7. The number of carbonyl (C=O) groups excluding carboxylic acids is 6. The normalized spacial score (nSPS) is 15.7. The Balaban J connectivity index is 0.000000348. The minimum Gasteiger partial charge on any atom is -0.474 e. The summed E-state index contributed by atoms with van der Waals surface area (Å²) in [6.07, 6.45) is -0.808. The van der Waals surface area contributed by atoms with Gasteiger partial charge in [0, 0.05) is 47.4 Å². The molecule has 0 spiro atoms. The Morgan fingerprint density at radius 2 is 1.26 bits per heavy atom. The molecule has 4 rings (SSSR count). The minimum atomic E-state index is -0.777. The zero-order valence-electron chi connectivity index (χ0n) is 34.8. The first-order chi connectivity index (χ1) is 28.4. The Labute approximate surface area is 358 Å². The number of hydrogen-bond acceptors (Lipinski definition) is 18. The summed E-state index contributed by atoms with van der Waals surface area (Å²) in [5, 5.41) is 29.9. The topological polar surface area (TPSA) is 309 Å². The predicted octanol–water partition coefficient (Wildman–Crippen LogP) is 3.66. The number of nitrogens with one attached hydrogen (secondary N) is 3. The molecule has 2 aliphatic heterocycles. The van der Waals surface area contributed by atoms with E-state index in [1.54, 1.807) is 55.4 Å². The van der Waals surface area contributed by atoms with Gasteiger partial charge >= 0.3 is 35.8 Å². The number of nitro groups is 2. The molecule has 2 atom stereocenters. The van der Waals surface area contributed by atoms with Crippen LogP contribution in [0, 0.1) is 20.2 Å². The van der Waals surface area contributed by atoms with Crippen molar-refractivity contribution in [2.24, 2.45) is 0 Å². The smallest absolute Gasteiger partial charge is 0.408 e.